The first kappa shape index (κ1) is 15.9. The van der Waals surface area contributed by atoms with Crippen LogP contribution in [0, 0.1) is 3.57 Å². The van der Waals surface area contributed by atoms with Crippen molar-refractivity contribution < 1.29 is 9.53 Å². The van der Waals surface area contributed by atoms with E-state index in [0.717, 1.165) is 17.8 Å². The van der Waals surface area contributed by atoms with E-state index in [4.69, 9.17) is 4.74 Å². The summed E-state index contributed by atoms with van der Waals surface area (Å²) in [4.78, 5) is 14.0. The van der Waals surface area contributed by atoms with Crippen molar-refractivity contribution in [1.29, 1.82) is 0 Å². The highest BCUT2D eigenvalue weighted by Crippen LogP contribution is 2.30. The Morgan fingerprint density at radius 3 is 2.45 bits per heavy atom. The second kappa shape index (κ2) is 7.47. The Morgan fingerprint density at radius 1 is 1.20 bits per heavy atom. The fraction of sp³-hybridized carbons (Fsp3) is 0.133. The first-order valence-corrected chi connectivity index (χ1v) is 8.69. The van der Waals surface area contributed by atoms with E-state index in [9.17, 15) is 4.79 Å². The Balaban J connectivity index is 2.16. The van der Waals surface area contributed by atoms with Crippen LogP contribution in [0.25, 0.3) is 0 Å². The van der Waals surface area contributed by atoms with Crippen LogP contribution in [-0.4, -0.2) is 12.6 Å². The maximum atomic E-state index is 11.7. The molecule has 0 aliphatic carbocycles. The fourth-order valence-corrected chi connectivity index (χ4v) is 3.64. The van der Waals surface area contributed by atoms with Gasteiger partial charge in [-0.25, -0.2) is 4.79 Å². The zero-order chi connectivity index (χ0) is 14.5. The molecule has 0 amide bonds. The van der Waals surface area contributed by atoms with E-state index in [1.54, 1.807) is 11.8 Å². The van der Waals surface area contributed by atoms with E-state index in [-0.39, 0.29) is 5.97 Å². The van der Waals surface area contributed by atoms with E-state index < -0.39 is 0 Å². The topological polar surface area (TPSA) is 26.3 Å². The van der Waals surface area contributed by atoms with Crippen molar-refractivity contribution >= 4 is 56.3 Å². The van der Waals surface area contributed by atoms with Crippen molar-refractivity contribution in [3.8, 4) is 0 Å². The number of rotatable bonds is 4. The summed E-state index contributed by atoms with van der Waals surface area (Å²) < 4.78 is 6.99. The van der Waals surface area contributed by atoms with Crippen molar-refractivity contribution in [3.63, 3.8) is 0 Å². The van der Waals surface area contributed by atoms with Gasteiger partial charge in [-0.15, -0.1) is 0 Å². The van der Waals surface area contributed by atoms with Gasteiger partial charge < -0.3 is 4.74 Å². The lowest BCUT2D eigenvalue weighted by atomic mass is 10.2. The van der Waals surface area contributed by atoms with Gasteiger partial charge in [0.25, 0.3) is 0 Å². The maximum absolute atomic E-state index is 11.7. The zero-order valence-electron chi connectivity index (χ0n) is 10.7. The SMILES string of the molecule is CCOC(=O)c1ccc(Sc2ccc(Br)cc2)cc1I. The van der Waals surface area contributed by atoms with Crippen LogP contribution in [0.2, 0.25) is 0 Å². The molecule has 2 aromatic carbocycles. The first-order chi connectivity index (χ1) is 9.60. The minimum Gasteiger partial charge on any atom is -0.462 e. The number of hydrogen-bond donors (Lipinski definition) is 0. The molecule has 0 aliphatic rings. The minimum absolute atomic E-state index is 0.267. The maximum Gasteiger partial charge on any atom is 0.339 e. The molecule has 2 nitrogen and oxygen atoms in total. The van der Waals surface area contributed by atoms with Crippen molar-refractivity contribution in [1.82, 2.24) is 0 Å². The van der Waals surface area contributed by atoms with Gasteiger partial charge in [-0.2, -0.15) is 0 Å². The third kappa shape index (κ3) is 4.23. The van der Waals surface area contributed by atoms with Gasteiger partial charge in [0, 0.05) is 17.8 Å². The van der Waals surface area contributed by atoms with Gasteiger partial charge in [-0.05, 0) is 72.0 Å². The molecule has 0 aliphatic heterocycles. The Bertz CT molecular complexity index is 614. The molecular formula is C15H12BrIO2S. The summed E-state index contributed by atoms with van der Waals surface area (Å²) in [7, 11) is 0. The molecule has 0 spiro atoms. The molecule has 0 radical (unpaired) electrons. The zero-order valence-corrected chi connectivity index (χ0v) is 15.3. The average Bonchev–Trinajstić information content (AvgIpc) is 2.42. The quantitative estimate of drug-likeness (QED) is 0.450. The van der Waals surface area contributed by atoms with Crippen LogP contribution in [0.5, 0.6) is 0 Å². The lowest BCUT2D eigenvalue weighted by Crippen LogP contribution is -2.06. The standard InChI is InChI=1S/C15H12BrIO2S/c1-2-19-15(18)13-8-7-12(9-14(13)17)20-11-5-3-10(16)4-6-11/h3-9H,2H2,1H3. The predicted octanol–water partition coefficient (Wildman–Crippen LogP) is 5.38. The number of hydrogen-bond acceptors (Lipinski definition) is 3. The molecule has 2 rings (SSSR count). The summed E-state index contributed by atoms with van der Waals surface area (Å²) in [6.45, 7) is 2.20. The van der Waals surface area contributed by atoms with E-state index in [2.05, 4.69) is 50.7 Å². The largest absolute Gasteiger partial charge is 0.462 e. The van der Waals surface area contributed by atoms with Crippen LogP contribution in [0.1, 0.15) is 17.3 Å². The van der Waals surface area contributed by atoms with Crippen molar-refractivity contribution in [2.75, 3.05) is 6.61 Å². The molecule has 0 fully saturated rings. The molecule has 0 N–H and O–H groups in total. The van der Waals surface area contributed by atoms with Crippen LogP contribution in [0.15, 0.2) is 56.7 Å². The lowest BCUT2D eigenvalue weighted by molar-refractivity contribution is 0.0525. The van der Waals surface area contributed by atoms with Gasteiger partial charge in [0.15, 0.2) is 0 Å². The molecule has 0 atom stereocenters. The highest BCUT2D eigenvalue weighted by Gasteiger charge is 2.11. The first-order valence-electron chi connectivity index (χ1n) is 6.00. The Morgan fingerprint density at radius 2 is 1.85 bits per heavy atom. The molecule has 0 heterocycles. The fourth-order valence-electron chi connectivity index (χ4n) is 1.57. The summed E-state index contributed by atoms with van der Waals surface area (Å²) >= 11 is 7.25. The molecule has 20 heavy (non-hydrogen) atoms. The molecule has 104 valence electrons. The number of carbonyl (C=O) groups is 1. The third-order valence-electron chi connectivity index (χ3n) is 2.49. The monoisotopic (exact) mass is 462 g/mol. The minimum atomic E-state index is -0.267. The second-order valence-corrected chi connectivity index (χ2v) is 7.14. The lowest BCUT2D eigenvalue weighted by Gasteiger charge is -2.07. The molecular weight excluding hydrogens is 451 g/mol. The summed E-state index contributed by atoms with van der Waals surface area (Å²) in [5.74, 6) is -0.267. The summed E-state index contributed by atoms with van der Waals surface area (Å²) in [5, 5.41) is 0. The van der Waals surface area contributed by atoms with Crippen molar-refractivity contribution in [2.24, 2.45) is 0 Å². The van der Waals surface area contributed by atoms with Crippen LogP contribution in [-0.2, 0) is 4.74 Å². The van der Waals surface area contributed by atoms with Gasteiger partial charge in [0.05, 0.1) is 12.2 Å². The number of esters is 1. The van der Waals surface area contributed by atoms with Gasteiger partial charge in [-0.3, -0.25) is 0 Å². The Labute approximate surface area is 144 Å². The Hall–Kier alpha value is -0.530. The van der Waals surface area contributed by atoms with Crippen LogP contribution in [0.4, 0.5) is 0 Å². The highest BCUT2D eigenvalue weighted by molar-refractivity contribution is 14.1. The Kier molecular flexibility index (Phi) is 5.92. The van der Waals surface area contributed by atoms with Crippen LogP contribution >= 0.6 is 50.3 Å². The van der Waals surface area contributed by atoms with Gasteiger partial charge in [-0.1, -0.05) is 27.7 Å². The second-order valence-electron chi connectivity index (χ2n) is 3.92. The van der Waals surface area contributed by atoms with Crippen molar-refractivity contribution in [2.45, 2.75) is 16.7 Å². The molecule has 0 bridgehead atoms. The molecule has 0 saturated carbocycles. The summed E-state index contributed by atoms with van der Waals surface area (Å²) in [6, 6.07) is 13.9. The number of halogens is 2. The third-order valence-corrected chi connectivity index (χ3v) is 4.90. The predicted molar refractivity (Wildman–Crippen MR) is 93.4 cm³/mol. The van der Waals surface area contributed by atoms with Crippen LogP contribution in [0.3, 0.4) is 0 Å². The van der Waals surface area contributed by atoms with Gasteiger partial charge in [0.2, 0.25) is 0 Å². The smallest absolute Gasteiger partial charge is 0.339 e. The number of ether oxygens (including phenoxy) is 1. The van der Waals surface area contributed by atoms with Crippen LogP contribution < -0.4 is 0 Å². The molecule has 0 unspecified atom stereocenters. The van der Waals surface area contributed by atoms with Gasteiger partial charge >= 0.3 is 5.97 Å². The van der Waals surface area contributed by atoms with Gasteiger partial charge in [0.1, 0.15) is 0 Å². The molecule has 0 aromatic heterocycles. The molecule has 0 saturated heterocycles. The van der Waals surface area contributed by atoms with E-state index in [1.165, 1.54) is 0 Å². The van der Waals surface area contributed by atoms with Crippen molar-refractivity contribution in [3.05, 3.63) is 56.1 Å². The summed E-state index contributed by atoms with van der Waals surface area (Å²) in [5.41, 5.74) is 0.618. The molecule has 2 aromatic rings. The average molecular weight is 463 g/mol. The van der Waals surface area contributed by atoms with E-state index in [0.29, 0.717) is 12.2 Å². The summed E-state index contributed by atoms with van der Waals surface area (Å²) in [6.07, 6.45) is 0. The molecule has 5 heteroatoms. The normalized spacial score (nSPS) is 10.3. The number of benzene rings is 2. The van der Waals surface area contributed by atoms with E-state index in [1.807, 2.05) is 37.3 Å². The number of carbonyl (C=O) groups excluding carboxylic acids is 1. The highest BCUT2D eigenvalue weighted by atomic mass is 127. The van der Waals surface area contributed by atoms with E-state index >= 15 is 0 Å².